The maximum atomic E-state index is 12.8. The van der Waals surface area contributed by atoms with Crippen LogP contribution in [0.15, 0.2) is 52.9 Å². The van der Waals surface area contributed by atoms with E-state index in [2.05, 4.69) is 10.3 Å². The fourth-order valence-corrected chi connectivity index (χ4v) is 5.58. The Labute approximate surface area is 168 Å². The highest BCUT2D eigenvalue weighted by atomic mass is 32.2. The van der Waals surface area contributed by atoms with Crippen LogP contribution in [0.25, 0.3) is 10.2 Å². The number of fused-ring (bicyclic) bond motifs is 1. The second kappa shape index (κ2) is 7.98. The van der Waals surface area contributed by atoms with E-state index >= 15 is 0 Å². The Bertz CT molecular complexity index is 1080. The highest BCUT2D eigenvalue weighted by Crippen LogP contribution is 2.23. The third-order valence-corrected chi connectivity index (χ3v) is 7.61. The summed E-state index contributed by atoms with van der Waals surface area (Å²) >= 11 is 1.51. The molecular weight excluding hydrogens is 394 g/mol. The van der Waals surface area contributed by atoms with Crippen molar-refractivity contribution in [1.82, 2.24) is 9.29 Å². The third-order valence-electron chi connectivity index (χ3n) is 4.91. The molecule has 0 spiro atoms. The summed E-state index contributed by atoms with van der Waals surface area (Å²) in [6, 6.07) is 11.7. The summed E-state index contributed by atoms with van der Waals surface area (Å²) in [6.45, 7) is 1.12. The van der Waals surface area contributed by atoms with Gasteiger partial charge in [-0.15, -0.1) is 11.3 Å². The summed E-state index contributed by atoms with van der Waals surface area (Å²) in [5, 5.41) is 2.85. The number of aromatic nitrogens is 1. The number of sulfonamides is 1. The Balaban J connectivity index is 1.49. The zero-order valence-corrected chi connectivity index (χ0v) is 16.9. The molecule has 2 heterocycles. The van der Waals surface area contributed by atoms with Crippen LogP contribution in [0.1, 0.15) is 36.0 Å². The highest BCUT2D eigenvalue weighted by Gasteiger charge is 2.25. The predicted molar refractivity (Wildman–Crippen MR) is 111 cm³/mol. The van der Waals surface area contributed by atoms with E-state index in [9.17, 15) is 13.2 Å². The lowest BCUT2D eigenvalue weighted by molar-refractivity contribution is 0.102. The third kappa shape index (κ3) is 3.94. The van der Waals surface area contributed by atoms with Crippen LogP contribution >= 0.6 is 11.3 Å². The van der Waals surface area contributed by atoms with Crippen LogP contribution in [0.2, 0.25) is 0 Å². The van der Waals surface area contributed by atoms with Gasteiger partial charge in [-0.05, 0) is 55.3 Å². The SMILES string of the molecule is O=C(Nc1ccc2ncsc2c1)c1ccc(S(=O)(=O)N2CCCCCC2)cc1. The van der Waals surface area contributed by atoms with Gasteiger partial charge in [-0.25, -0.2) is 13.4 Å². The van der Waals surface area contributed by atoms with Crippen molar-refractivity contribution in [3.8, 4) is 0 Å². The standard InChI is InChI=1S/C20H21N3O3S2/c24-20(22-16-7-10-18-19(13-16)27-14-21-18)15-5-8-17(9-6-15)28(25,26)23-11-3-1-2-4-12-23/h5-10,13-14H,1-4,11-12H2,(H,22,24). The molecule has 1 fully saturated rings. The molecule has 1 aliphatic heterocycles. The number of benzene rings is 2. The molecule has 28 heavy (non-hydrogen) atoms. The van der Waals surface area contributed by atoms with Crippen LogP contribution in [-0.4, -0.2) is 36.7 Å². The molecule has 1 aliphatic rings. The molecule has 4 rings (SSSR count). The van der Waals surface area contributed by atoms with Gasteiger partial charge >= 0.3 is 0 Å². The van der Waals surface area contributed by atoms with Crippen molar-refractivity contribution < 1.29 is 13.2 Å². The van der Waals surface area contributed by atoms with Crippen LogP contribution in [0.5, 0.6) is 0 Å². The number of hydrogen-bond acceptors (Lipinski definition) is 5. The van der Waals surface area contributed by atoms with Gasteiger partial charge in [-0.1, -0.05) is 12.8 Å². The molecule has 3 aromatic rings. The van der Waals surface area contributed by atoms with Crippen LogP contribution in [0.3, 0.4) is 0 Å². The monoisotopic (exact) mass is 415 g/mol. The Hall–Kier alpha value is -2.29. The molecule has 0 aliphatic carbocycles. The van der Waals surface area contributed by atoms with E-state index in [-0.39, 0.29) is 10.8 Å². The van der Waals surface area contributed by atoms with E-state index in [4.69, 9.17) is 0 Å². The quantitative estimate of drug-likeness (QED) is 0.695. The first-order valence-corrected chi connectivity index (χ1v) is 11.6. The molecule has 6 nitrogen and oxygen atoms in total. The minimum absolute atomic E-state index is 0.233. The number of hydrogen-bond donors (Lipinski definition) is 1. The van der Waals surface area contributed by atoms with Gasteiger partial charge < -0.3 is 5.32 Å². The number of anilines is 1. The van der Waals surface area contributed by atoms with Crippen LogP contribution in [0, 0.1) is 0 Å². The Morgan fingerprint density at radius 3 is 2.43 bits per heavy atom. The molecule has 1 saturated heterocycles. The summed E-state index contributed by atoms with van der Waals surface area (Å²) in [5.74, 6) is -0.275. The van der Waals surface area contributed by atoms with E-state index < -0.39 is 10.0 Å². The van der Waals surface area contributed by atoms with Gasteiger partial charge in [-0.3, -0.25) is 4.79 Å². The highest BCUT2D eigenvalue weighted by molar-refractivity contribution is 7.89. The number of carbonyl (C=O) groups is 1. The normalized spacial score (nSPS) is 16.0. The topological polar surface area (TPSA) is 79.4 Å². The maximum absolute atomic E-state index is 12.8. The number of amides is 1. The molecule has 0 atom stereocenters. The largest absolute Gasteiger partial charge is 0.322 e. The van der Waals surface area contributed by atoms with E-state index in [1.54, 1.807) is 28.0 Å². The second-order valence-corrected chi connectivity index (χ2v) is 9.66. The summed E-state index contributed by atoms with van der Waals surface area (Å²) in [5.41, 5.74) is 3.76. The molecule has 0 saturated carbocycles. The van der Waals surface area contributed by atoms with Crippen molar-refractivity contribution in [3.05, 3.63) is 53.5 Å². The van der Waals surface area contributed by atoms with E-state index in [1.807, 2.05) is 12.1 Å². The minimum atomic E-state index is -3.51. The van der Waals surface area contributed by atoms with Crippen molar-refractivity contribution in [3.63, 3.8) is 0 Å². The molecular formula is C20H21N3O3S2. The van der Waals surface area contributed by atoms with Crippen molar-refractivity contribution in [2.24, 2.45) is 0 Å². The summed E-state index contributed by atoms with van der Waals surface area (Å²) in [7, 11) is -3.51. The first-order valence-electron chi connectivity index (χ1n) is 9.29. The van der Waals surface area contributed by atoms with Crippen LogP contribution in [-0.2, 0) is 10.0 Å². The number of thiazole rings is 1. The van der Waals surface area contributed by atoms with E-state index in [0.717, 1.165) is 35.9 Å². The summed E-state index contributed by atoms with van der Waals surface area (Å²) < 4.78 is 28.2. The first-order chi connectivity index (χ1) is 13.5. The van der Waals surface area contributed by atoms with E-state index in [0.29, 0.717) is 24.3 Å². The Morgan fingerprint density at radius 1 is 1.00 bits per heavy atom. The fraction of sp³-hybridized carbons (Fsp3) is 0.300. The van der Waals surface area contributed by atoms with Crippen LogP contribution < -0.4 is 5.32 Å². The number of nitrogens with zero attached hydrogens (tertiary/aromatic N) is 2. The molecule has 1 amide bonds. The lowest BCUT2D eigenvalue weighted by atomic mass is 10.2. The molecule has 2 aromatic carbocycles. The molecule has 0 bridgehead atoms. The molecule has 1 N–H and O–H groups in total. The zero-order valence-electron chi connectivity index (χ0n) is 15.3. The minimum Gasteiger partial charge on any atom is -0.322 e. The zero-order chi connectivity index (χ0) is 19.6. The number of nitrogens with one attached hydrogen (secondary N) is 1. The van der Waals surface area contributed by atoms with Gasteiger partial charge in [0.2, 0.25) is 10.0 Å². The average Bonchev–Trinajstić information content (AvgIpc) is 2.98. The lowest BCUT2D eigenvalue weighted by Crippen LogP contribution is -2.31. The summed E-state index contributed by atoms with van der Waals surface area (Å²) in [4.78, 5) is 17.0. The smallest absolute Gasteiger partial charge is 0.255 e. The average molecular weight is 416 g/mol. The molecule has 8 heteroatoms. The Kier molecular flexibility index (Phi) is 5.43. The number of carbonyl (C=O) groups excluding carboxylic acids is 1. The molecule has 0 unspecified atom stereocenters. The molecule has 146 valence electrons. The molecule has 1 aromatic heterocycles. The van der Waals surface area contributed by atoms with Crippen molar-refractivity contribution >= 4 is 43.2 Å². The van der Waals surface area contributed by atoms with Gasteiger partial charge in [-0.2, -0.15) is 4.31 Å². The predicted octanol–water partition coefficient (Wildman–Crippen LogP) is 4.11. The second-order valence-electron chi connectivity index (χ2n) is 6.83. The number of rotatable bonds is 4. The van der Waals surface area contributed by atoms with Gasteiger partial charge in [0, 0.05) is 24.3 Å². The van der Waals surface area contributed by atoms with Crippen molar-refractivity contribution in [2.75, 3.05) is 18.4 Å². The summed E-state index contributed by atoms with van der Waals surface area (Å²) in [6.07, 6.45) is 3.92. The van der Waals surface area contributed by atoms with Gasteiger partial charge in [0.25, 0.3) is 5.91 Å². The van der Waals surface area contributed by atoms with Crippen molar-refractivity contribution in [2.45, 2.75) is 30.6 Å². The fourth-order valence-electron chi connectivity index (χ4n) is 3.35. The first kappa shape index (κ1) is 19.0. The van der Waals surface area contributed by atoms with Crippen LogP contribution in [0.4, 0.5) is 5.69 Å². The maximum Gasteiger partial charge on any atom is 0.255 e. The Morgan fingerprint density at radius 2 is 1.71 bits per heavy atom. The van der Waals surface area contributed by atoms with Gasteiger partial charge in [0.1, 0.15) is 0 Å². The van der Waals surface area contributed by atoms with Crippen molar-refractivity contribution in [1.29, 1.82) is 0 Å². The molecule has 0 radical (unpaired) electrons. The van der Waals surface area contributed by atoms with Gasteiger partial charge in [0.15, 0.2) is 0 Å². The van der Waals surface area contributed by atoms with E-state index in [1.165, 1.54) is 23.5 Å². The van der Waals surface area contributed by atoms with Gasteiger partial charge in [0.05, 0.1) is 20.6 Å². The lowest BCUT2D eigenvalue weighted by Gasteiger charge is -2.20.